The summed E-state index contributed by atoms with van der Waals surface area (Å²) in [4.78, 5) is 4.44. The van der Waals surface area contributed by atoms with E-state index in [-0.39, 0.29) is 18.3 Å². The average molecular weight is 266 g/mol. The van der Waals surface area contributed by atoms with Crippen molar-refractivity contribution < 1.29 is 9.31 Å². The molecule has 18 heavy (non-hydrogen) atoms. The second kappa shape index (κ2) is 3.95. The molecule has 0 aromatic carbocycles. The quantitative estimate of drug-likeness (QED) is 0.767. The lowest BCUT2D eigenvalue weighted by Crippen LogP contribution is -2.41. The molecule has 1 saturated heterocycles. The Labute approximate surface area is 111 Å². The molecule has 0 saturated carbocycles. The molecule has 4 nitrogen and oxygen atoms in total. The van der Waals surface area contributed by atoms with E-state index in [1.807, 2.05) is 6.33 Å². The van der Waals surface area contributed by atoms with Gasteiger partial charge in [0.2, 0.25) is 0 Å². The third-order valence-corrected chi connectivity index (χ3v) is 5.67. The molecule has 6 heteroatoms. The van der Waals surface area contributed by atoms with E-state index in [1.165, 1.54) is 0 Å². The molecule has 0 spiro atoms. The summed E-state index contributed by atoms with van der Waals surface area (Å²) in [7, 11) is -1.75. The lowest BCUT2D eigenvalue weighted by atomic mass is 9.86. The van der Waals surface area contributed by atoms with Gasteiger partial charge in [0, 0.05) is 6.20 Å². The molecule has 0 amide bonds. The zero-order valence-corrected chi connectivity index (χ0v) is 13.4. The SMILES string of the molecule is CC1(C)OB(c2cn([Si](C)(C)C)cn2)OC1(C)C. The van der Waals surface area contributed by atoms with Crippen LogP contribution in [0, 0.1) is 0 Å². The van der Waals surface area contributed by atoms with Crippen LogP contribution >= 0.6 is 0 Å². The molecule has 0 bridgehead atoms. The van der Waals surface area contributed by atoms with Crippen molar-refractivity contribution in [3.8, 4) is 0 Å². The van der Waals surface area contributed by atoms with Crippen molar-refractivity contribution in [2.75, 3.05) is 0 Å². The van der Waals surface area contributed by atoms with Crippen LogP contribution in [0.25, 0.3) is 0 Å². The van der Waals surface area contributed by atoms with Crippen molar-refractivity contribution >= 4 is 20.9 Å². The summed E-state index contributed by atoms with van der Waals surface area (Å²) in [6, 6.07) is 0. The minimum Gasteiger partial charge on any atom is -0.398 e. The molecule has 2 rings (SSSR count). The van der Waals surface area contributed by atoms with E-state index in [2.05, 4.69) is 62.7 Å². The number of imidazole rings is 1. The van der Waals surface area contributed by atoms with E-state index in [0.29, 0.717) is 0 Å². The Morgan fingerprint density at radius 3 is 2.00 bits per heavy atom. The van der Waals surface area contributed by atoms with Gasteiger partial charge in [-0.3, -0.25) is 0 Å². The first-order chi connectivity index (χ1) is 8.03. The first kappa shape index (κ1) is 13.8. The predicted octanol–water partition coefficient (Wildman–Crippen LogP) is 1.87. The summed E-state index contributed by atoms with van der Waals surface area (Å²) in [5.41, 5.74) is 0.261. The van der Waals surface area contributed by atoms with E-state index >= 15 is 0 Å². The van der Waals surface area contributed by atoms with Gasteiger partial charge in [-0.1, -0.05) is 19.6 Å². The van der Waals surface area contributed by atoms with Gasteiger partial charge in [-0.05, 0) is 27.7 Å². The Balaban J connectivity index is 2.23. The molecule has 1 aromatic rings. The standard InChI is InChI=1S/C12H23BN2O2Si/c1-11(2)12(3,4)17-13(16-11)10-8-15(9-14-10)18(5,6)7/h8-9H,1-7H3. The Bertz CT molecular complexity index is 435. The minimum atomic E-state index is -1.39. The van der Waals surface area contributed by atoms with Crippen LogP contribution < -0.4 is 5.59 Å². The van der Waals surface area contributed by atoms with Crippen LogP contribution in [-0.2, 0) is 9.31 Å². The first-order valence-corrected chi connectivity index (χ1v) is 9.88. The zero-order chi connectivity index (χ0) is 13.8. The summed E-state index contributed by atoms with van der Waals surface area (Å²) in [5.74, 6) is 0. The van der Waals surface area contributed by atoms with Gasteiger partial charge >= 0.3 is 7.12 Å². The highest BCUT2D eigenvalue weighted by atomic mass is 28.3. The average Bonchev–Trinajstić information content (AvgIpc) is 2.69. The van der Waals surface area contributed by atoms with Crippen molar-refractivity contribution in [2.24, 2.45) is 0 Å². The third-order valence-electron chi connectivity index (χ3n) is 3.87. The molecule has 0 radical (unpaired) electrons. The summed E-state index contributed by atoms with van der Waals surface area (Å²) < 4.78 is 14.2. The molecule has 100 valence electrons. The fraction of sp³-hybridized carbons (Fsp3) is 0.750. The molecular weight excluding hydrogens is 243 g/mol. The number of hydrogen-bond donors (Lipinski definition) is 0. The normalized spacial score (nSPS) is 22.5. The Kier molecular flexibility index (Phi) is 3.04. The van der Waals surface area contributed by atoms with E-state index in [9.17, 15) is 0 Å². The third kappa shape index (κ3) is 2.29. The van der Waals surface area contributed by atoms with Crippen LogP contribution in [-0.4, -0.2) is 35.8 Å². The summed E-state index contributed by atoms with van der Waals surface area (Å²) in [6.45, 7) is 15.1. The van der Waals surface area contributed by atoms with Crippen molar-refractivity contribution in [2.45, 2.75) is 58.5 Å². The van der Waals surface area contributed by atoms with E-state index < -0.39 is 8.24 Å². The van der Waals surface area contributed by atoms with Crippen LogP contribution in [0.2, 0.25) is 19.6 Å². The monoisotopic (exact) mass is 266 g/mol. The lowest BCUT2D eigenvalue weighted by Gasteiger charge is -2.32. The van der Waals surface area contributed by atoms with E-state index in [4.69, 9.17) is 9.31 Å². The molecule has 1 aliphatic rings. The van der Waals surface area contributed by atoms with Crippen molar-refractivity contribution in [3.63, 3.8) is 0 Å². The fourth-order valence-corrected chi connectivity index (χ4v) is 2.71. The number of nitrogens with zero attached hydrogens (tertiary/aromatic N) is 2. The maximum absolute atomic E-state index is 5.99. The highest BCUT2D eigenvalue weighted by Crippen LogP contribution is 2.36. The molecule has 1 aromatic heterocycles. The molecule has 0 atom stereocenters. The van der Waals surface area contributed by atoms with Crippen LogP contribution in [0.15, 0.2) is 12.5 Å². The second-order valence-electron chi connectivity index (χ2n) is 6.96. The fourth-order valence-electron chi connectivity index (χ4n) is 1.79. The summed E-state index contributed by atoms with van der Waals surface area (Å²) >= 11 is 0. The van der Waals surface area contributed by atoms with Gasteiger partial charge in [0.15, 0.2) is 8.24 Å². The Hall–Kier alpha value is -0.588. The smallest absolute Gasteiger partial charge is 0.398 e. The number of aromatic nitrogens is 2. The van der Waals surface area contributed by atoms with Gasteiger partial charge in [0.1, 0.15) is 0 Å². The molecule has 2 heterocycles. The Morgan fingerprint density at radius 2 is 1.61 bits per heavy atom. The number of rotatable bonds is 2. The van der Waals surface area contributed by atoms with Gasteiger partial charge in [0.25, 0.3) is 0 Å². The summed E-state index contributed by atoms with van der Waals surface area (Å²) in [5, 5.41) is 0. The molecule has 1 fully saturated rings. The van der Waals surface area contributed by atoms with Crippen molar-refractivity contribution in [3.05, 3.63) is 12.5 Å². The van der Waals surface area contributed by atoms with Crippen molar-refractivity contribution in [1.29, 1.82) is 0 Å². The molecule has 0 aliphatic carbocycles. The zero-order valence-electron chi connectivity index (χ0n) is 12.4. The molecular formula is C12H23BN2O2Si. The van der Waals surface area contributed by atoms with Crippen molar-refractivity contribution in [1.82, 2.24) is 9.22 Å². The van der Waals surface area contributed by atoms with Crippen LogP contribution in [0.1, 0.15) is 27.7 Å². The van der Waals surface area contributed by atoms with Crippen LogP contribution in [0.5, 0.6) is 0 Å². The first-order valence-electron chi connectivity index (χ1n) is 6.43. The predicted molar refractivity (Wildman–Crippen MR) is 76.7 cm³/mol. The van der Waals surface area contributed by atoms with Crippen LogP contribution in [0.4, 0.5) is 0 Å². The van der Waals surface area contributed by atoms with Gasteiger partial charge in [-0.25, -0.2) is 4.98 Å². The highest BCUT2D eigenvalue weighted by Gasteiger charge is 2.52. The van der Waals surface area contributed by atoms with E-state index in [1.54, 1.807) is 0 Å². The molecule has 0 unspecified atom stereocenters. The maximum atomic E-state index is 5.99. The van der Waals surface area contributed by atoms with Gasteiger partial charge in [0.05, 0.1) is 23.1 Å². The van der Waals surface area contributed by atoms with Crippen LogP contribution in [0.3, 0.4) is 0 Å². The highest BCUT2D eigenvalue weighted by molar-refractivity contribution is 6.74. The topological polar surface area (TPSA) is 36.3 Å². The van der Waals surface area contributed by atoms with Gasteiger partial charge in [-0.15, -0.1) is 0 Å². The van der Waals surface area contributed by atoms with E-state index in [0.717, 1.165) is 5.59 Å². The van der Waals surface area contributed by atoms with Gasteiger partial charge < -0.3 is 13.5 Å². The lowest BCUT2D eigenvalue weighted by molar-refractivity contribution is 0.00578. The summed E-state index contributed by atoms with van der Waals surface area (Å²) in [6.07, 6.45) is 3.96. The molecule has 1 aliphatic heterocycles. The van der Waals surface area contributed by atoms with Gasteiger partial charge in [-0.2, -0.15) is 0 Å². The minimum absolute atomic E-state index is 0.305. The second-order valence-corrected chi connectivity index (χ2v) is 11.8. The maximum Gasteiger partial charge on any atom is 0.516 e. The Morgan fingerprint density at radius 1 is 1.11 bits per heavy atom. The number of hydrogen-bond acceptors (Lipinski definition) is 3. The largest absolute Gasteiger partial charge is 0.516 e. The molecule has 0 N–H and O–H groups in total.